The number of carbonyl (C=O) groups is 2. The Kier molecular flexibility index (Phi) is 4.27. The van der Waals surface area contributed by atoms with Gasteiger partial charge in [0, 0.05) is 43.4 Å². The van der Waals surface area contributed by atoms with E-state index in [1.54, 1.807) is 17.1 Å². The minimum absolute atomic E-state index is 0.0288. The van der Waals surface area contributed by atoms with Gasteiger partial charge in [-0.15, -0.1) is 0 Å². The number of nitrogen functional groups attached to an aromatic ring is 1. The van der Waals surface area contributed by atoms with Gasteiger partial charge in [0.05, 0.1) is 0 Å². The number of hydrogen-bond donors (Lipinski definition) is 2. The minimum Gasteiger partial charge on any atom is -0.368 e. The van der Waals surface area contributed by atoms with E-state index in [2.05, 4.69) is 20.4 Å². The van der Waals surface area contributed by atoms with Crippen LogP contribution in [0.4, 0.5) is 11.8 Å². The molecule has 1 saturated carbocycles. The Labute approximate surface area is 150 Å². The van der Waals surface area contributed by atoms with Crippen LogP contribution in [0.3, 0.4) is 0 Å². The van der Waals surface area contributed by atoms with Crippen molar-refractivity contribution in [3.8, 4) is 5.82 Å². The Bertz CT molecular complexity index is 797. The number of aromatic nitrogens is 4. The number of nitrogens with two attached hydrogens (primary N) is 1. The lowest BCUT2D eigenvalue weighted by molar-refractivity contribution is -0.141. The molecular formula is C17H21N7O2. The molecule has 2 amide bonds. The number of nitrogens with one attached hydrogen (secondary N) is 1. The van der Waals surface area contributed by atoms with Gasteiger partial charge in [0.15, 0.2) is 5.82 Å². The molecule has 26 heavy (non-hydrogen) atoms. The molecule has 0 unspecified atom stereocenters. The number of carbonyl (C=O) groups excluding carboxylic acids is 2. The highest BCUT2D eigenvalue weighted by Crippen LogP contribution is 2.29. The zero-order chi connectivity index (χ0) is 18.1. The molecule has 0 aromatic carbocycles. The molecule has 1 saturated heterocycles. The van der Waals surface area contributed by atoms with Gasteiger partial charge in [-0.05, 0) is 31.7 Å². The van der Waals surface area contributed by atoms with Crippen molar-refractivity contribution in [2.75, 3.05) is 11.1 Å². The number of likely N-dealkylation sites (tertiary alicyclic amines) is 1. The smallest absolute Gasteiger partial charge is 0.229 e. The quantitative estimate of drug-likeness (QED) is 0.789. The van der Waals surface area contributed by atoms with Gasteiger partial charge < -0.3 is 11.1 Å². The van der Waals surface area contributed by atoms with E-state index in [1.165, 1.54) is 4.90 Å². The summed E-state index contributed by atoms with van der Waals surface area (Å²) in [5.41, 5.74) is 5.82. The molecule has 136 valence electrons. The Morgan fingerprint density at radius 2 is 1.81 bits per heavy atom. The monoisotopic (exact) mass is 355 g/mol. The third kappa shape index (κ3) is 3.24. The molecule has 0 bridgehead atoms. The van der Waals surface area contributed by atoms with E-state index < -0.39 is 0 Å². The molecule has 9 heteroatoms. The van der Waals surface area contributed by atoms with E-state index in [4.69, 9.17) is 5.73 Å². The first kappa shape index (κ1) is 16.5. The van der Waals surface area contributed by atoms with Gasteiger partial charge in [0.25, 0.3) is 0 Å². The van der Waals surface area contributed by atoms with Gasteiger partial charge in [-0.3, -0.25) is 14.5 Å². The van der Waals surface area contributed by atoms with Crippen LogP contribution in [0.2, 0.25) is 0 Å². The summed E-state index contributed by atoms with van der Waals surface area (Å²) in [6.45, 7) is 0. The number of amides is 2. The Hall–Kier alpha value is -2.97. The molecule has 2 aliphatic rings. The van der Waals surface area contributed by atoms with E-state index >= 15 is 0 Å². The number of rotatable bonds is 4. The van der Waals surface area contributed by atoms with Gasteiger partial charge in [-0.2, -0.15) is 15.1 Å². The van der Waals surface area contributed by atoms with E-state index in [0.29, 0.717) is 24.5 Å². The van der Waals surface area contributed by atoms with E-state index in [9.17, 15) is 9.59 Å². The fourth-order valence-corrected chi connectivity index (χ4v) is 3.74. The van der Waals surface area contributed by atoms with E-state index in [0.717, 1.165) is 25.7 Å². The summed E-state index contributed by atoms with van der Waals surface area (Å²) in [7, 11) is 0. The molecule has 4 rings (SSSR count). The van der Waals surface area contributed by atoms with Crippen molar-refractivity contribution in [1.29, 1.82) is 0 Å². The van der Waals surface area contributed by atoms with Crippen LogP contribution in [-0.4, -0.2) is 48.5 Å². The van der Waals surface area contributed by atoms with Crippen LogP contribution in [-0.2, 0) is 9.59 Å². The van der Waals surface area contributed by atoms with Gasteiger partial charge in [-0.1, -0.05) is 0 Å². The molecule has 0 atom stereocenters. The van der Waals surface area contributed by atoms with Crippen molar-refractivity contribution >= 4 is 23.6 Å². The van der Waals surface area contributed by atoms with Crippen LogP contribution in [0, 0.1) is 0 Å². The maximum Gasteiger partial charge on any atom is 0.229 e. The van der Waals surface area contributed by atoms with Crippen LogP contribution in [0.1, 0.15) is 38.5 Å². The summed E-state index contributed by atoms with van der Waals surface area (Å²) in [4.78, 5) is 33.7. The number of anilines is 2. The largest absolute Gasteiger partial charge is 0.368 e. The van der Waals surface area contributed by atoms with Gasteiger partial charge >= 0.3 is 0 Å². The van der Waals surface area contributed by atoms with Crippen molar-refractivity contribution in [3.05, 3.63) is 24.5 Å². The highest BCUT2D eigenvalue weighted by molar-refractivity contribution is 6.02. The van der Waals surface area contributed by atoms with Crippen LogP contribution in [0.15, 0.2) is 24.5 Å². The normalized spacial score (nSPS) is 23.5. The molecule has 0 radical (unpaired) electrons. The van der Waals surface area contributed by atoms with Crippen LogP contribution < -0.4 is 11.1 Å². The summed E-state index contributed by atoms with van der Waals surface area (Å²) >= 11 is 0. The maximum atomic E-state index is 11.9. The Morgan fingerprint density at radius 3 is 2.46 bits per heavy atom. The predicted molar refractivity (Wildman–Crippen MR) is 94.3 cm³/mol. The molecular weight excluding hydrogens is 334 g/mol. The molecule has 0 spiro atoms. The average molecular weight is 355 g/mol. The van der Waals surface area contributed by atoms with Crippen molar-refractivity contribution in [3.63, 3.8) is 0 Å². The summed E-state index contributed by atoms with van der Waals surface area (Å²) in [6, 6.07) is 3.88. The van der Waals surface area contributed by atoms with Crippen LogP contribution in [0.25, 0.3) is 5.82 Å². The van der Waals surface area contributed by atoms with E-state index in [1.807, 2.05) is 12.1 Å². The number of nitrogens with zero attached hydrogens (tertiary/aromatic N) is 5. The molecule has 2 fully saturated rings. The number of imide groups is 1. The van der Waals surface area contributed by atoms with E-state index in [-0.39, 0.29) is 29.8 Å². The third-order valence-electron chi connectivity index (χ3n) is 4.97. The predicted octanol–water partition coefficient (Wildman–Crippen LogP) is 1.12. The molecule has 1 aliphatic carbocycles. The zero-order valence-electron chi connectivity index (χ0n) is 14.3. The van der Waals surface area contributed by atoms with Crippen LogP contribution in [0.5, 0.6) is 0 Å². The second kappa shape index (κ2) is 6.74. The summed E-state index contributed by atoms with van der Waals surface area (Å²) in [5.74, 6) is 1.38. The lowest BCUT2D eigenvalue weighted by Gasteiger charge is -2.34. The zero-order valence-corrected chi connectivity index (χ0v) is 14.3. The number of hydrogen-bond acceptors (Lipinski definition) is 7. The van der Waals surface area contributed by atoms with Crippen molar-refractivity contribution in [2.45, 2.75) is 50.6 Å². The minimum atomic E-state index is -0.0288. The summed E-state index contributed by atoms with van der Waals surface area (Å²) in [6.07, 6.45) is 7.52. The summed E-state index contributed by atoms with van der Waals surface area (Å²) in [5, 5.41) is 7.55. The van der Waals surface area contributed by atoms with Crippen molar-refractivity contribution in [1.82, 2.24) is 24.6 Å². The lowest BCUT2D eigenvalue weighted by atomic mass is 9.90. The van der Waals surface area contributed by atoms with Crippen molar-refractivity contribution in [2.24, 2.45) is 0 Å². The third-order valence-corrected chi connectivity index (χ3v) is 4.97. The van der Waals surface area contributed by atoms with Gasteiger partial charge in [0.2, 0.25) is 17.8 Å². The molecule has 2 aromatic heterocycles. The molecule has 3 heterocycles. The second-order valence-electron chi connectivity index (χ2n) is 6.73. The lowest BCUT2D eigenvalue weighted by Crippen LogP contribution is -2.43. The van der Waals surface area contributed by atoms with Crippen molar-refractivity contribution < 1.29 is 9.59 Å². The van der Waals surface area contributed by atoms with Gasteiger partial charge in [0.1, 0.15) is 5.82 Å². The Morgan fingerprint density at radius 1 is 1.08 bits per heavy atom. The standard InChI is InChI=1S/C17H21N7O2/c18-17-21-13(10-14(22-17)23-9-1-8-19-23)20-11-2-4-12(5-3-11)24-15(25)6-7-16(24)26/h1,8-12H,2-7H2,(H3,18,20,21,22). The Balaban J connectivity index is 1.40. The summed E-state index contributed by atoms with van der Waals surface area (Å²) < 4.78 is 1.63. The fourth-order valence-electron chi connectivity index (χ4n) is 3.74. The molecule has 3 N–H and O–H groups in total. The molecule has 2 aromatic rings. The average Bonchev–Trinajstić information content (AvgIpc) is 3.26. The molecule has 1 aliphatic heterocycles. The SMILES string of the molecule is Nc1nc(NC2CCC(N3C(=O)CCC3=O)CC2)cc(-n2cccn2)n1. The van der Waals surface area contributed by atoms with Crippen LogP contribution >= 0.6 is 0 Å². The first-order valence-corrected chi connectivity index (χ1v) is 8.86. The topological polar surface area (TPSA) is 119 Å². The fraction of sp³-hybridized carbons (Fsp3) is 0.471. The highest BCUT2D eigenvalue weighted by Gasteiger charge is 2.36. The second-order valence-corrected chi connectivity index (χ2v) is 6.73. The highest BCUT2D eigenvalue weighted by atomic mass is 16.2. The first-order chi connectivity index (χ1) is 12.6. The molecule has 9 nitrogen and oxygen atoms in total. The maximum absolute atomic E-state index is 11.9. The van der Waals surface area contributed by atoms with Gasteiger partial charge in [-0.25, -0.2) is 4.68 Å². The first-order valence-electron chi connectivity index (χ1n) is 8.86.